The highest BCUT2D eigenvalue weighted by Gasteiger charge is 2.29. The minimum Gasteiger partial charge on any atom is -0.344 e. The fraction of sp³-hybridized carbons (Fsp3) is 0.250. The third kappa shape index (κ3) is 2.45. The Morgan fingerprint density at radius 1 is 1.19 bits per heavy atom. The van der Waals surface area contributed by atoms with Gasteiger partial charge in [-0.15, -0.1) is 11.3 Å². The van der Waals surface area contributed by atoms with Crippen molar-refractivity contribution in [1.29, 1.82) is 0 Å². The van der Waals surface area contributed by atoms with Crippen LogP contribution < -0.4 is 4.90 Å². The molecule has 3 rings (SSSR count). The van der Waals surface area contributed by atoms with Crippen molar-refractivity contribution in [3.63, 3.8) is 0 Å². The van der Waals surface area contributed by atoms with Crippen molar-refractivity contribution in [2.75, 3.05) is 25.5 Å². The van der Waals surface area contributed by atoms with Crippen LogP contribution in [-0.2, 0) is 6.42 Å². The molecule has 1 aliphatic heterocycles. The standard InChI is InChI=1S/C16H16N2O2S/c1-17(2)16(20)14-10-12-13(21-14)8-9-18(12)15(19)11-6-4-3-5-7-11/h3-7,10H,8-9H2,1-2H3. The molecule has 0 N–H and O–H groups in total. The monoisotopic (exact) mass is 300 g/mol. The largest absolute Gasteiger partial charge is 0.344 e. The van der Waals surface area contributed by atoms with E-state index in [1.807, 2.05) is 36.4 Å². The zero-order chi connectivity index (χ0) is 15.0. The van der Waals surface area contributed by atoms with Crippen LogP contribution in [0.15, 0.2) is 36.4 Å². The maximum absolute atomic E-state index is 12.6. The Morgan fingerprint density at radius 2 is 1.90 bits per heavy atom. The summed E-state index contributed by atoms with van der Waals surface area (Å²) in [5.41, 5.74) is 1.57. The summed E-state index contributed by atoms with van der Waals surface area (Å²) in [6.07, 6.45) is 0.819. The quantitative estimate of drug-likeness (QED) is 0.855. The van der Waals surface area contributed by atoms with Gasteiger partial charge in [-0.1, -0.05) is 18.2 Å². The van der Waals surface area contributed by atoms with Crippen LogP contribution in [-0.4, -0.2) is 37.4 Å². The molecular weight excluding hydrogens is 284 g/mol. The molecule has 0 aliphatic carbocycles. The summed E-state index contributed by atoms with van der Waals surface area (Å²) in [5, 5.41) is 0. The Hall–Kier alpha value is -2.14. The minimum absolute atomic E-state index is 0.00370. The summed E-state index contributed by atoms with van der Waals surface area (Å²) in [4.78, 5) is 29.7. The molecule has 1 aromatic carbocycles. The molecule has 5 heteroatoms. The predicted molar refractivity (Wildman–Crippen MR) is 84.2 cm³/mol. The molecular formula is C16H16N2O2S. The van der Waals surface area contributed by atoms with Gasteiger partial charge in [0, 0.05) is 37.5 Å². The molecule has 1 aliphatic rings. The first-order valence-corrected chi connectivity index (χ1v) is 7.61. The van der Waals surface area contributed by atoms with Crippen LogP contribution in [0.2, 0.25) is 0 Å². The molecule has 1 aromatic heterocycles. The number of fused-ring (bicyclic) bond motifs is 1. The van der Waals surface area contributed by atoms with Gasteiger partial charge in [0.15, 0.2) is 0 Å². The Bertz CT molecular complexity index is 692. The molecule has 2 amide bonds. The van der Waals surface area contributed by atoms with Crippen molar-refractivity contribution in [1.82, 2.24) is 4.90 Å². The molecule has 2 heterocycles. The molecule has 108 valence electrons. The van der Waals surface area contributed by atoms with Crippen LogP contribution in [0, 0.1) is 0 Å². The molecule has 0 atom stereocenters. The highest BCUT2D eigenvalue weighted by atomic mass is 32.1. The average Bonchev–Trinajstić information content (AvgIpc) is 3.06. The van der Waals surface area contributed by atoms with Crippen LogP contribution in [0.25, 0.3) is 0 Å². The Balaban J connectivity index is 1.90. The predicted octanol–water partition coefficient (Wildman–Crippen LogP) is 2.65. The summed E-state index contributed by atoms with van der Waals surface area (Å²) in [7, 11) is 3.47. The second kappa shape index (κ2) is 5.33. The number of carbonyl (C=O) groups excluding carboxylic acids is 2. The van der Waals surface area contributed by atoms with E-state index in [2.05, 4.69) is 0 Å². The van der Waals surface area contributed by atoms with Gasteiger partial charge in [-0.2, -0.15) is 0 Å². The number of amides is 2. The van der Waals surface area contributed by atoms with E-state index in [9.17, 15) is 9.59 Å². The normalized spacial score (nSPS) is 13.1. The Morgan fingerprint density at radius 3 is 2.57 bits per heavy atom. The molecule has 0 fully saturated rings. The van der Waals surface area contributed by atoms with E-state index in [4.69, 9.17) is 0 Å². The number of thiophene rings is 1. The molecule has 0 spiro atoms. The molecule has 0 saturated heterocycles. The van der Waals surface area contributed by atoms with Crippen molar-refractivity contribution in [3.8, 4) is 0 Å². The third-order valence-electron chi connectivity index (χ3n) is 3.52. The SMILES string of the molecule is CN(C)C(=O)c1cc2c(s1)CCN2C(=O)c1ccccc1. The summed E-state index contributed by atoms with van der Waals surface area (Å²) in [5.74, 6) is -0.0162. The summed E-state index contributed by atoms with van der Waals surface area (Å²) < 4.78 is 0. The number of anilines is 1. The topological polar surface area (TPSA) is 40.6 Å². The van der Waals surface area contributed by atoms with Crippen molar-refractivity contribution < 1.29 is 9.59 Å². The smallest absolute Gasteiger partial charge is 0.263 e. The highest BCUT2D eigenvalue weighted by molar-refractivity contribution is 7.14. The summed E-state index contributed by atoms with van der Waals surface area (Å²) in [6.45, 7) is 0.686. The van der Waals surface area contributed by atoms with E-state index in [1.54, 1.807) is 23.9 Å². The number of carbonyl (C=O) groups is 2. The van der Waals surface area contributed by atoms with Crippen molar-refractivity contribution in [2.45, 2.75) is 6.42 Å². The molecule has 0 unspecified atom stereocenters. The first kappa shape index (κ1) is 13.8. The number of rotatable bonds is 2. The lowest BCUT2D eigenvalue weighted by Gasteiger charge is -2.16. The zero-order valence-electron chi connectivity index (χ0n) is 12.0. The summed E-state index contributed by atoms with van der Waals surface area (Å²) >= 11 is 1.49. The Labute approximate surface area is 127 Å². The van der Waals surface area contributed by atoms with Gasteiger partial charge in [-0.3, -0.25) is 9.59 Å². The fourth-order valence-corrected chi connectivity index (χ4v) is 3.61. The highest BCUT2D eigenvalue weighted by Crippen LogP contribution is 2.37. The van der Waals surface area contributed by atoms with Crippen molar-refractivity contribution in [3.05, 3.63) is 51.7 Å². The van der Waals surface area contributed by atoms with Gasteiger partial charge in [0.2, 0.25) is 0 Å². The van der Waals surface area contributed by atoms with Gasteiger partial charge in [-0.05, 0) is 18.2 Å². The van der Waals surface area contributed by atoms with Crippen molar-refractivity contribution in [2.24, 2.45) is 0 Å². The summed E-state index contributed by atoms with van der Waals surface area (Å²) in [6, 6.07) is 11.1. The lowest BCUT2D eigenvalue weighted by atomic mass is 10.2. The van der Waals surface area contributed by atoms with Gasteiger partial charge in [0.05, 0.1) is 10.6 Å². The van der Waals surface area contributed by atoms with Gasteiger partial charge >= 0.3 is 0 Å². The van der Waals surface area contributed by atoms with E-state index in [1.165, 1.54) is 11.3 Å². The van der Waals surface area contributed by atoms with Gasteiger partial charge in [0.1, 0.15) is 0 Å². The number of hydrogen-bond donors (Lipinski definition) is 0. The first-order chi connectivity index (χ1) is 10.1. The molecule has 0 radical (unpaired) electrons. The van der Waals surface area contributed by atoms with Gasteiger partial charge in [-0.25, -0.2) is 0 Å². The van der Waals surface area contributed by atoms with E-state index >= 15 is 0 Å². The molecule has 2 aromatic rings. The fourth-order valence-electron chi connectivity index (χ4n) is 2.43. The average molecular weight is 300 g/mol. The van der Waals surface area contributed by atoms with Crippen LogP contribution >= 0.6 is 11.3 Å². The van der Waals surface area contributed by atoms with Crippen LogP contribution in [0.4, 0.5) is 5.69 Å². The maximum Gasteiger partial charge on any atom is 0.263 e. The lowest BCUT2D eigenvalue weighted by Crippen LogP contribution is -2.29. The molecule has 0 saturated carbocycles. The third-order valence-corrected chi connectivity index (χ3v) is 4.69. The lowest BCUT2D eigenvalue weighted by molar-refractivity contribution is 0.0831. The second-order valence-electron chi connectivity index (χ2n) is 5.19. The number of benzene rings is 1. The zero-order valence-corrected chi connectivity index (χ0v) is 12.8. The number of nitrogens with zero attached hydrogens (tertiary/aromatic N) is 2. The molecule has 21 heavy (non-hydrogen) atoms. The van der Waals surface area contributed by atoms with Gasteiger partial charge in [0.25, 0.3) is 11.8 Å². The van der Waals surface area contributed by atoms with Crippen LogP contribution in [0.5, 0.6) is 0 Å². The van der Waals surface area contributed by atoms with E-state index in [-0.39, 0.29) is 11.8 Å². The van der Waals surface area contributed by atoms with Gasteiger partial charge < -0.3 is 9.80 Å². The van der Waals surface area contributed by atoms with Crippen molar-refractivity contribution >= 4 is 28.8 Å². The van der Waals surface area contributed by atoms with E-state index in [0.29, 0.717) is 17.0 Å². The second-order valence-corrected chi connectivity index (χ2v) is 6.33. The van der Waals surface area contributed by atoms with Crippen LogP contribution in [0.1, 0.15) is 24.9 Å². The van der Waals surface area contributed by atoms with Crippen LogP contribution in [0.3, 0.4) is 0 Å². The molecule has 0 bridgehead atoms. The maximum atomic E-state index is 12.6. The first-order valence-electron chi connectivity index (χ1n) is 6.79. The van der Waals surface area contributed by atoms with E-state index < -0.39 is 0 Å². The Kier molecular flexibility index (Phi) is 3.51. The minimum atomic E-state index is -0.0125. The molecule has 4 nitrogen and oxygen atoms in total. The van der Waals surface area contributed by atoms with E-state index in [0.717, 1.165) is 17.0 Å². The number of hydrogen-bond acceptors (Lipinski definition) is 3.